The molecule has 1 saturated heterocycles. The van der Waals surface area contributed by atoms with Crippen molar-refractivity contribution in [2.75, 3.05) is 11.4 Å². The van der Waals surface area contributed by atoms with Gasteiger partial charge < -0.3 is 10.2 Å². The second-order valence-corrected chi connectivity index (χ2v) is 5.28. The smallest absolute Gasteiger partial charge is 0.269 e. The van der Waals surface area contributed by atoms with Crippen LogP contribution in [0.15, 0.2) is 30.5 Å². The molecule has 0 spiro atoms. The van der Waals surface area contributed by atoms with Crippen LogP contribution in [0.25, 0.3) is 0 Å². The van der Waals surface area contributed by atoms with Crippen molar-refractivity contribution in [3.05, 3.63) is 47.0 Å². The number of nitrogens with one attached hydrogen (secondary N) is 2. The number of rotatable bonds is 3. The number of aromatic amines is 1. The maximum atomic E-state index is 13.5. The molecule has 1 aliphatic heterocycles. The minimum absolute atomic E-state index is 0.000469. The summed E-state index contributed by atoms with van der Waals surface area (Å²) < 4.78 is 13.5. The molecule has 6 nitrogen and oxygen atoms in total. The van der Waals surface area contributed by atoms with E-state index in [1.54, 1.807) is 6.07 Å². The fraction of sp³-hybridized carbons (Fsp3) is 0.214. The normalized spacial score (nSPS) is 17.8. The van der Waals surface area contributed by atoms with Crippen LogP contribution in [0.5, 0.6) is 0 Å². The Morgan fingerprint density at radius 2 is 2.27 bits per heavy atom. The summed E-state index contributed by atoms with van der Waals surface area (Å²) in [5.74, 6) is -1.27. The van der Waals surface area contributed by atoms with Gasteiger partial charge in [0.2, 0.25) is 5.91 Å². The predicted octanol–water partition coefficient (Wildman–Crippen LogP) is 1.74. The summed E-state index contributed by atoms with van der Waals surface area (Å²) in [6.07, 6.45) is 1.90. The van der Waals surface area contributed by atoms with Crippen molar-refractivity contribution in [2.24, 2.45) is 0 Å². The molecule has 0 bridgehead atoms. The van der Waals surface area contributed by atoms with E-state index >= 15 is 0 Å². The molecule has 2 amide bonds. The van der Waals surface area contributed by atoms with E-state index in [1.165, 1.54) is 29.3 Å². The summed E-state index contributed by atoms with van der Waals surface area (Å²) in [6.45, 7) is 0.397. The number of benzene rings is 1. The van der Waals surface area contributed by atoms with Crippen molar-refractivity contribution >= 4 is 29.1 Å². The Kier molecular flexibility index (Phi) is 3.81. The van der Waals surface area contributed by atoms with Crippen LogP contribution in [0, 0.1) is 5.82 Å². The van der Waals surface area contributed by atoms with Gasteiger partial charge >= 0.3 is 0 Å². The van der Waals surface area contributed by atoms with Crippen LogP contribution in [0.3, 0.4) is 0 Å². The molecule has 1 aromatic heterocycles. The highest BCUT2D eigenvalue weighted by molar-refractivity contribution is 6.30. The quantitative estimate of drug-likeness (QED) is 0.903. The lowest BCUT2D eigenvalue weighted by Gasteiger charge is -2.17. The number of hydrogen-bond acceptors (Lipinski definition) is 3. The highest BCUT2D eigenvalue weighted by Gasteiger charge is 2.34. The Morgan fingerprint density at radius 1 is 1.45 bits per heavy atom. The zero-order valence-electron chi connectivity index (χ0n) is 11.3. The lowest BCUT2D eigenvalue weighted by atomic mass is 10.2. The van der Waals surface area contributed by atoms with Crippen LogP contribution in [-0.4, -0.2) is 34.6 Å². The van der Waals surface area contributed by atoms with Crippen LogP contribution in [-0.2, 0) is 4.79 Å². The molecule has 2 N–H and O–H groups in total. The summed E-state index contributed by atoms with van der Waals surface area (Å²) in [5, 5.41) is 8.85. The van der Waals surface area contributed by atoms with Crippen LogP contribution in [0.1, 0.15) is 16.9 Å². The van der Waals surface area contributed by atoms with Gasteiger partial charge in [-0.05, 0) is 30.7 Å². The molecule has 2 aromatic rings. The number of anilines is 1. The van der Waals surface area contributed by atoms with E-state index in [2.05, 4.69) is 15.5 Å². The van der Waals surface area contributed by atoms with Gasteiger partial charge in [0.15, 0.2) is 0 Å². The van der Waals surface area contributed by atoms with Gasteiger partial charge in [-0.15, -0.1) is 0 Å². The number of carbonyl (C=O) groups excluding carboxylic acids is 2. The number of carbonyl (C=O) groups is 2. The molecule has 8 heteroatoms. The van der Waals surface area contributed by atoms with E-state index < -0.39 is 17.8 Å². The molecule has 0 saturated carbocycles. The van der Waals surface area contributed by atoms with Crippen LogP contribution >= 0.6 is 11.6 Å². The third kappa shape index (κ3) is 2.67. The Bertz CT molecular complexity index is 720. The van der Waals surface area contributed by atoms with E-state index in [4.69, 9.17) is 11.6 Å². The monoisotopic (exact) mass is 322 g/mol. The van der Waals surface area contributed by atoms with E-state index in [-0.39, 0.29) is 16.6 Å². The van der Waals surface area contributed by atoms with Gasteiger partial charge in [0, 0.05) is 18.4 Å². The number of halogens is 2. The van der Waals surface area contributed by atoms with E-state index in [1.807, 2.05) is 0 Å². The molecule has 1 fully saturated rings. The average molecular weight is 323 g/mol. The number of H-pyrrole nitrogens is 1. The number of nitrogens with zero attached hydrogens (tertiary/aromatic N) is 2. The van der Waals surface area contributed by atoms with Crippen molar-refractivity contribution in [3.63, 3.8) is 0 Å². The summed E-state index contributed by atoms with van der Waals surface area (Å²) in [5.41, 5.74) is 0.703. The number of hydrogen-bond donors (Lipinski definition) is 2. The highest BCUT2D eigenvalue weighted by Crippen LogP contribution is 2.25. The Hall–Kier alpha value is -2.41. The van der Waals surface area contributed by atoms with E-state index in [0.717, 1.165) is 0 Å². The second-order valence-electron chi connectivity index (χ2n) is 4.87. The molecule has 3 rings (SSSR count). The molecule has 1 aromatic carbocycles. The molecule has 0 unspecified atom stereocenters. The van der Waals surface area contributed by atoms with Gasteiger partial charge in [0.25, 0.3) is 5.91 Å². The van der Waals surface area contributed by atoms with Crippen molar-refractivity contribution < 1.29 is 14.0 Å². The molecular weight excluding hydrogens is 311 g/mol. The standard InChI is InChI=1S/C14H12ClFN4O2/c15-9-2-1-8(7-10(9)16)20-6-4-12(14(20)22)18-13(21)11-3-5-17-19-11/h1-3,5,7,12H,4,6H2,(H,17,19)(H,18,21)/t12-/m1/s1. The molecule has 0 aliphatic carbocycles. The van der Waals surface area contributed by atoms with Gasteiger partial charge in [-0.2, -0.15) is 5.10 Å². The molecule has 1 aliphatic rings. The molecule has 0 radical (unpaired) electrons. The summed E-state index contributed by atoms with van der Waals surface area (Å²) in [6, 6.07) is 5.05. The SMILES string of the molecule is O=C(N[C@@H]1CCN(c2ccc(Cl)c(F)c2)C1=O)c1ccn[nH]1. The topological polar surface area (TPSA) is 78.1 Å². The largest absolute Gasteiger partial charge is 0.339 e. The van der Waals surface area contributed by atoms with Crippen LogP contribution < -0.4 is 10.2 Å². The number of aromatic nitrogens is 2. The predicted molar refractivity (Wildman–Crippen MR) is 78.2 cm³/mol. The van der Waals surface area contributed by atoms with Crippen LogP contribution in [0.2, 0.25) is 5.02 Å². The fourth-order valence-electron chi connectivity index (χ4n) is 2.34. The average Bonchev–Trinajstić information content (AvgIpc) is 3.13. The second kappa shape index (κ2) is 5.76. The first kappa shape index (κ1) is 14.5. The zero-order valence-corrected chi connectivity index (χ0v) is 12.1. The molecule has 1 atom stereocenters. The van der Waals surface area contributed by atoms with Crippen molar-refractivity contribution in [1.82, 2.24) is 15.5 Å². The van der Waals surface area contributed by atoms with Gasteiger partial charge in [-0.1, -0.05) is 11.6 Å². The third-order valence-electron chi connectivity index (χ3n) is 3.47. The minimum atomic E-state index is -0.644. The van der Waals surface area contributed by atoms with Gasteiger partial charge in [0.1, 0.15) is 17.6 Å². The molecule has 22 heavy (non-hydrogen) atoms. The van der Waals surface area contributed by atoms with Crippen molar-refractivity contribution in [2.45, 2.75) is 12.5 Å². The van der Waals surface area contributed by atoms with Gasteiger partial charge in [-0.3, -0.25) is 14.7 Å². The maximum absolute atomic E-state index is 13.5. The Morgan fingerprint density at radius 3 is 2.95 bits per heavy atom. The first-order chi connectivity index (χ1) is 10.6. The third-order valence-corrected chi connectivity index (χ3v) is 3.78. The summed E-state index contributed by atoms with van der Waals surface area (Å²) in [7, 11) is 0. The Labute approximate surface area is 130 Å². The van der Waals surface area contributed by atoms with Crippen LogP contribution in [0.4, 0.5) is 10.1 Å². The Balaban J connectivity index is 1.72. The first-order valence-corrected chi connectivity index (χ1v) is 7.01. The van der Waals surface area contributed by atoms with Crippen molar-refractivity contribution in [1.29, 1.82) is 0 Å². The maximum Gasteiger partial charge on any atom is 0.269 e. The van der Waals surface area contributed by atoms with E-state index in [0.29, 0.717) is 18.7 Å². The van der Waals surface area contributed by atoms with Gasteiger partial charge in [0.05, 0.1) is 5.02 Å². The van der Waals surface area contributed by atoms with E-state index in [9.17, 15) is 14.0 Å². The van der Waals surface area contributed by atoms with Crippen molar-refractivity contribution in [3.8, 4) is 0 Å². The number of amides is 2. The molecule has 114 valence electrons. The van der Waals surface area contributed by atoms with Gasteiger partial charge in [-0.25, -0.2) is 4.39 Å². The summed E-state index contributed by atoms with van der Waals surface area (Å²) >= 11 is 5.63. The summed E-state index contributed by atoms with van der Waals surface area (Å²) in [4.78, 5) is 25.7. The minimum Gasteiger partial charge on any atom is -0.339 e. The fourth-order valence-corrected chi connectivity index (χ4v) is 2.46. The first-order valence-electron chi connectivity index (χ1n) is 6.63. The lowest BCUT2D eigenvalue weighted by molar-refractivity contribution is -0.118. The molecular formula is C14H12ClFN4O2. The zero-order chi connectivity index (χ0) is 15.7. The highest BCUT2D eigenvalue weighted by atomic mass is 35.5. The lowest BCUT2D eigenvalue weighted by Crippen LogP contribution is -2.41. The molecule has 2 heterocycles.